The van der Waals surface area contributed by atoms with Gasteiger partial charge in [-0.15, -0.1) is 0 Å². The highest BCUT2D eigenvalue weighted by molar-refractivity contribution is 6.31. The van der Waals surface area contributed by atoms with Crippen molar-refractivity contribution in [3.05, 3.63) is 34.9 Å². The summed E-state index contributed by atoms with van der Waals surface area (Å²) in [6.45, 7) is 2.61. The molecule has 0 spiro atoms. The lowest BCUT2D eigenvalue weighted by Gasteiger charge is -2.15. The number of hydrogen-bond acceptors (Lipinski definition) is 3. The summed E-state index contributed by atoms with van der Waals surface area (Å²) in [4.78, 5) is 22.1. The number of ketones is 1. The lowest BCUT2D eigenvalue weighted by Crippen LogP contribution is -2.16. The zero-order valence-electron chi connectivity index (χ0n) is 8.49. The Morgan fingerprint density at radius 1 is 1.27 bits per heavy atom. The van der Waals surface area contributed by atoms with E-state index in [9.17, 15) is 9.59 Å². The van der Waals surface area contributed by atoms with Gasteiger partial charge in [0.2, 0.25) is 0 Å². The van der Waals surface area contributed by atoms with Crippen LogP contribution < -0.4 is 0 Å². The second kappa shape index (κ2) is 4.94. The fraction of sp³-hybridized carbons (Fsp3) is 0.273. The van der Waals surface area contributed by atoms with Crippen LogP contribution in [0, 0.1) is 0 Å². The second-order valence-electron chi connectivity index (χ2n) is 3.12. The first kappa shape index (κ1) is 11.7. The van der Waals surface area contributed by atoms with Crippen molar-refractivity contribution >= 4 is 23.4 Å². The van der Waals surface area contributed by atoms with E-state index in [1.807, 2.05) is 0 Å². The summed E-state index contributed by atoms with van der Waals surface area (Å²) in [5, 5.41) is 0.416. The van der Waals surface area contributed by atoms with Crippen LogP contribution in [-0.4, -0.2) is 11.8 Å². The molecule has 0 amide bonds. The number of ether oxygens (including phenoxy) is 1. The molecule has 1 rings (SSSR count). The molecule has 0 aliphatic heterocycles. The third-order valence-corrected chi connectivity index (χ3v) is 2.18. The van der Waals surface area contributed by atoms with Crippen molar-refractivity contribution in [1.29, 1.82) is 0 Å². The minimum atomic E-state index is -0.906. The van der Waals surface area contributed by atoms with Crippen molar-refractivity contribution in [2.45, 2.75) is 20.0 Å². The Bertz CT molecular complexity index is 387. The topological polar surface area (TPSA) is 43.4 Å². The maximum Gasteiger partial charge on any atom is 0.303 e. The number of benzene rings is 1. The number of halogens is 1. The minimum Gasteiger partial charge on any atom is -0.450 e. The third-order valence-electron chi connectivity index (χ3n) is 1.84. The SMILES string of the molecule is CC(=O)OC(C(C)=O)c1ccccc1Cl. The molecular weight excluding hydrogens is 216 g/mol. The number of carbonyl (C=O) groups is 2. The average Bonchev–Trinajstić information content (AvgIpc) is 2.15. The molecule has 0 aliphatic carbocycles. The van der Waals surface area contributed by atoms with Crippen LogP contribution in [0.15, 0.2) is 24.3 Å². The molecule has 4 heteroatoms. The van der Waals surface area contributed by atoms with Gasteiger partial charge in [-0.2, -0.15) is 0 Å². The number of Topliss-reactive ketones (excluding diaryl/α,β-unsaturated/α-hetero) is 1. The molecule has 0 fully saturated rings. The van der Waals surface area contributed by atoms with Crippen molar-refractivity contribution < 1.29 is 14.3 Å². The largest absolute Gasteiger partial charge is 0.450 e. The monoisotopic (exact) mass is 226 g/mol. The van der Waals surface area contributed by atoms with Gasteiger partial charge in [-0.05, 0) is 13.0 Å². The van der Waals surface area contributed by atoms with Gasteiger partial charge < -0.3 is 4.74 Å². The van der Waals surface area contributed by atoms with Crippen molar-refractivity contribution in [3.8, 4) is 0 Å². The quantitative estimate of drug-likeness (QED) is 0.744. The van der Waals surface area contributed by atoms with Gasteiger partial charge in [-0.25, -0.2) is 0 Å². The van der Waals surface area contributed by atoms with E-state index in [0.717, 1.165) is 0 Å². The van der Waals surface area contributed by atoms with E-state index in [2.05, 4.69) is 0 Å². The number of carbonyl (C=O) groups excluding carboxylic acids is 2. The predicted molar refractivity (Wildman–Crippen MR) is 56.6 cm³/mol. The van der Waals surface area contributed by atoms with Gasteiger partial charge >= 0.3 is 5.97 Å². The van der Waals surface area contributed by atoms with E-state index in [-0.39, 0.29) is 5.78 Å². The number of hydrogen-bond donors (Lipinski definition) is 0. The molecule has 1 unspecified atom stereocenters. The molecule has 15 heavy (non-hydrogen) atoms. The van der Waals surface area contributed by atoms with Crippen molar-refractivity contribution in [3.63, 3.8) is 0 Å². The molecule has 0 aromatic heterocycles. The maximum absolute atomic E-state index is 11.3. The third kappa shape index (κ3) is 3.06. The molecule has 1 aromatic rings. The van der Waals surface area contributed by atoms with Crippen molar-refractivity contribution in [2.75, 3.05) is 0 Å². The predicted octanol–water partition coefficient (Wildman–Crippen LogP) is 2.53. The molecule has 0 N–H and O–H groups in total. The molecule has 0 aliphatic rings. The summed E-state index contributed by atoms with van der Waals surface area (Å²) in [6.07, 6.45) is -0.906. The number of rotatable bonds is 3. The highest BCUT2D eigenvalue weighted by Crippen LogP contribution is 2.26. The highest BCUT2D eigenvalue weighted by atomic mass is 35.5. The first-order chi connectivity index (χ1) is 7.02. The van der Waals surface area contributed by atoms with Gasteiger partial charge in [-0.1, -0.05) is 29.8 Å². The van der Waals surface area contributed by atoms with Gasteiger partial charge in [0, 0.05) is 17.5 Å². The fourth-order valence-electron chi connectivity index (χ4n) is 1.22. The van der Waals surface area contributed by atoms with Crippen molar-refractivity contribution in [1.82, 2.24) is 0 Å². The molecule has 0 saturated carbocycles. The molecule has 1 atom stereocenters. The average molecular weight is 227 g/mol. The zero-order valence-corrected chi connectivity index (χ0v) is 9.25. The van der Waals surface area contributed by atoms with Crippen LogP contribution in [0.1, 0.15) is 25.5 Å². The Kier molecular flexibility index (Phi) is 3.86. The normalized spacial score (nSPS) is 11.9. The minimum absolute atomic E-state index is 0.252. The van der Waals surface area contributed by atoms with Crippen LogP contribution in [0.3, 0.4) is 0 Å². The zero-order chi connectivity index (χ0) is 11.4. The van der Waals surface area contributed by atoms with Crippen LogP contribution in [-0.2, 0) is 14.3 Å². The maximum atomic E-state index is 11.3. The fourth-order valence-corrected chi connectivity index (χ4v) is 1.45. The van der Waals surface area contributed by atoms with Gasteiger partial charge in [0.25, 0.3) is 0 Å². The molecule has 0 bridgehead atoms. The van der Waals surface area contributed by atoms with E-state index < -0.39 is 12.1 Å². The summed E-state index contributed by atoms with van der Waals surface area (Å²) in [7, 11) is 0. The Balaban J connectivity index is 3.04. The summed E-state index contributed by atoms with van der Waals surface area (Å²) in [5.74, 6) is -0.756. The summed E-state index contributed by atoms with van der Waals surface area (Å²) < 4.78 is 4.91. The number of esters is 1. The van der Waals surface area contributed by atoms with Crippen LogP contribution >= 0.6 is 11.6 Å². The molecule has 0 heterocycles. The van der Waals surface area contributed by atoms with E-state index in [1.54, 1.807) is 24.3 Å². The van der Waals surface area contributed by atoms with Gasteiger partial charge in [0.05, 0.1) is 0 Å². The van der Waals surface area contributed by atoms with E-state index in [0.29, 0.717) is 10.6 Å². The Morgan fingerprint density at radius 2 is 1.87 bits per heavy atom. The van der Waals surface area contributed by atoms with Crippen LogP contribution in [0.5, 0.6) is 0 Å². The van der Waals surface area contributed by atoms with E-state index in [1.165, 1.54) is 13.8 Å². The molecule has 80 valence electrons. The van der Waals surface area contributed by atoms with Crippen molar-refractivity contribution in [2.24, 2.45) is 0 Å². The van der Waals surface area contributed by atoms with Gasteiger partial charge in [-0.3, -0.25) is 9.59 Å². The molecular formula is C11H11ClO3. The highest BCUT2D eigenvalue weighted by Gasteiger charge is 2.21. The molecule has 0 saturated heterocycles. The summed E-state index contributed by atoms with van der Waals surface area (Å²) in [6, 6.07) is 6.80. The molecule has 1 aromatic carbocycles. The Labute approximate surface area is 93.0 Å². The van der Waals surface area contributed by atoms with E-state index >= 15 is 0 Å². The Hall–Kier alpha value is -1.35. The first-order valence-electron chi connectivity index (χ1n) is 4.44. The van der Waals surface area contributed by atoms with Gasteiger partial charge in [0.1, 0.15) is 0 Å². The summed E-state index contributed by atoms with van der Waals surface area (Å²) >= 11 is 5.90. The standard InChI is InChI=1S/C11H11ClO3/c1-7(13)11(15-8(2)14)9-5-3-4-6-10(9)12/h3-6,11H,1-2H3. The lowest BCUT2D eigenvalue weighted by atomic mass is 10.1. The second-order valence-corrected chi connectivity index (χ2v) is 3.53. The summed E-state index contributed by atoms with van der Waals surface area (Å²) in [5.41, 5.74) is 0.516. The first-order valence-corrected chi connectivity index (χ1v) is 4.82. The van der Waals surface area contributed by atoms with Gasteiger partial charge in [0.15, 0.2) is 11.9 Å². The molecule has 0 radical (unpaired) electrons. The van der Waals surface area contributed by atoms with E-state index in [4.69, 9.17) is 16.3 Å². The smallest absolute Gasteiger partial charge is 0.303 e. The van der Waals surface area contributed by atoms with Crippen LogP contribution in [0.25, 0.3) is 0 Å². The lowest BCUT2D eigenvalue weighted by molar-refractivity contribution is -0.152. The van der Waals surface area contributed by atoms with Crippen LogP contribution in [0.4, 0.5) is 0 Å². The van der Waals surface area contributed by atoms with Crippen LogP contribution in [0.2, 0.25) is 5.02 Å². The molecule has 3 nitrogen and oxygen atoms in total. The Morgan fingerprint density at radius 3 is 2.33 bits per heavy atom.